The van der Waals surface area contributed by atoms with Gasteiger partial charge in [0.05, 0.1) is 10.7 Å². The Hall–Kier alpha value is -1.89. The summed E-state index contributed by atoms with van der Waals surface area (Å²) in [6.07, 6.45) is 1.74. The summed E-state index contributed by atoms with van der Waals surface area (Å²) >= 11 is 17.5. The number of hydrogen-bond acceptors (Lipinski definition) is 4. The van der Waals surface area contributed by atoms with Crippen LogP contribution in [0.4, 0.5) is 5.69 Å². The van der Waals surface area contributed by atoms with E-state index in [4.69, 9.17) is 40.5 Å². The number of rotatable bonds is 3. The number of hydrazone groups is 1. The number of aromatic amines is 1. The predicted octanol–water partition coefficient (Wildman–Crippen LogP) is 2.59. The Bertz CT molecular complexity index is 749. The summed E-state index contributed by atoms with van der Waals surface area (Å²) in [5.41, 5.74) is 9.15. The van der Waals surface area contributed by atoms with E-state index >= 15 is 0 Å². The zero-order valence-corrected chi connectivity index (χ0v) is 13.6. The molecule has 1 amide bonds. The number of hydrogen-bond donors (Lipinski definition) is 2. The highest BCUT2D eigenvalue weighted by atomic mass is 35.5. The number of anilines is 1. The molecule has 114 valence electrons. The van der Waals surface area contributed by atoms with Gasteiger partial charge >= 0.3 is 0 Å². The van der Waals surface area contributed by atoms with Crippen LogP contribution in [0.5, 0.6) is 0 Å². The maximum atomic E-state index is 12.1. The van der Waals surface area contributed by atoms with E-state index in [0.29, 0.717) is 5.71 Å². The standard InChI is InChI=1S/C13H10Cl3N5O/c1-6(7-4-2-3-5-18-7)20-21-13(22)11-8(14)10(17)9(15)12(16)19-11/h2-5H,1H3,(H2,17,19)(H,21,22)/p+1/b20-6+. The summed E-state index contributed by atoms with van der Waals surface area (Å²) in [4.78, 5) is 18.9. The van der Waals surface area contributed by atoms with Crippen molar-refractivity contribution in [2.24, 2.45) is 5.10 Å². The minimum absolute atomic E-state index is 0.00165. The van der Waals surface area contributed by atoms with Crippen molar-refractivity contribution >= 4 is 52.1 Å². The van der Waals surface area contributed by atoms with Crippen LogP contribution in [0.25, 0.3) is 0 Å². The quantitative estimate of drug-likeness (QED) is 0.501. The lowest BCUT2D eigenvalue weighted by Crippen LogP contribution is -2.23. The molecule has 9 heteroatoms. The van der Waals surface area contributed by atoms with Gasteiger partial charge in [0.15, 0.2) is 17.0 Å². The second kappa shape index (κ2) is 6.91. The van der Waals surface area contributed by atoms with Gasteiger partial charge in [0.2, 0.25) is 5.69 Å². The van der Waals surface area contributed by atoms with E-state index in [0.717, 1.165) is 5.69 Å². The van der Waals surface area contributed by atoms with Crippen LogP contribution < -0.4 is 16.1 Å². The van der Waals surface area contributed by atoms with Gasteiger partial charge < -0.3 is 5.73 Å². The number of carbonyl (C=O) groups excluding carboxylic acids is 1. The Labute approximate surface area is 141 Å². The van der Waals surface area contributed by atoms with Crippen molar-refractivity contribution in [3.05, 3.63) is 51.0 Å². The minimum atomic E-state index is -0.648. The van der Waals surface area contributed by atoms with Gasteiger partial charge in [0.1, 0.15) is 10.7 Å². The van der Waals surface area contributed by atoms with Crippen molar-refractivity contribution in [3.63, 3.8) is 0 Å². The smallest absolute Gasteiger partial charge is 0.291 e. The third-order valence-electron chi connectivity index (χ3n) is 2.71. The number of aromatic nitrogens is 2. The molecule has 0 saturated carbocycles. The van der Waals surface area contributed by atoms with Crippen LogP contribution in [0.15, 0.2) is 29.5 Å². The first-order chi connectivity index (χ1) is 10.4. The molecule has 0 aliphatic rings. The number of nitrogens with two attached hydrogens (primary N) is 1. The van der Waals surface area contributed by atoms with E-state index in [-0.39, 0.29) is 26.6 Å². The molecule has 0 unspecified atom stereocenters. The van der Waals surface area contributed by atoms with Crippen LogP contribution in [-0.2, 0) is 0 Å². The summed E-state index contributed by atoms with van der Waals surface area (Å²) in [6, 6.07) is 5.48. The Morgan fingerprint density at radius 3 is 2.68 bits per heavy atom. The topological polar surface area (TPSA) is 94.5 Å². The van der Waals surface area contributed by atoms with Crippen LogP contribution in [-0.4, -0.2) is 16.6 Å². The third kappa shape index (κ3) is 3.47. The average Bonchev–Trinajstić information content (AvgIpc) is 2.54. The minimum Gasteiger partial charge on any atom is -0.396 e. The van der Waals surface area contributed by atoms with Gasteiger partial charge in [0, 0.05) is 12.1 Å². The fraction of sp³-hybridized carbons (Fsp3) is 0.0769. The molecule has 0 spiro atoms. The first-order valence-electron chi connectivity index (χ1n) is 6.03. The van der Waals surface area contributed by atoms with E-state index in [1.54, 1.807) is 13.1 Å². The van der Waals surface area contributed by atoms with Gasteiger partial charge in [-0.15, -0.1) is 0 Å². The molecule has 0 aromatic carbocycles. The summed E-state index contributed by atoms with van der Waals surface area (Å²) in [6.45, 7) is 1.73. The molecule has 4 N–H and O–H groups in total. The Balaban J connectivity index is 2.24. The number of nitrogen functional groups attached to an aromatic ring is 1. The molecule has 2 aromatic rings. The lowest BCUT2D eigenvalue weighted by Gasteiger charge is -2.07. The first-order valence-corrected chi connectivity index (χ1v) is 7.17. The first kappa shape index (κ1) is 16.5. The number of carbonyl (C=O) groups is 1. The third-order valence-corrected chi connectivity index (χ3v) is 3.85. The van der Waals surface area contributed by atoms with Crippen molar-refractivity contribution in [3.8, 4) is 0 Å². The molecular weight excluding hydrogens is 349 g/mol. The van der Waals surface area contributed by atoms with Gasteiger partial charge in [-0.05, 0) is 13.0 Å². The lowest BCUT2D eigenvalue weighted by atomic mass is 10.3. The number of amides is 1. The van der Waals surface area contributed by atoms with Crippen molar-refractivity contribution < 1.29 is 9.78 Å². The molecule has 0 aliphatic heterocycles. The molecule has 2 aromatic heterocycles. The predicted molar refractivity (Wildman–Crippen MR) is 86.4 cm³/mol. The van der Waals surface area contributed by atoms with E-state index in [1.165, 1.54) is 0 Å². The Kier molecular flexibility index (Phi) is 5.18. The molecule has 2 rings (SSSR count). The van der Waals surface area contributed by atoms with E-state index < -0.39 is 5.91 Å². The highest BCUT2D eigenvalue weighted by Crippen LogP contribution is 2.34. The highest BCUT2D eigenvalue weighted by Gasteiger charge is 2.19. The maximum Gasteiger partial charge on any atom is 0.291 e. The number of halogens is 3. The molecule has 0 aliphatic carbocycles. The van der Waals surface area contributed by atoms with Crippen LogP contribution in [0.3, 0.4) is 0 Å². The largest absolute Gasteiger partial charge is 0.396 e. The van der Waals surface area contributed by atoms with Crippen molar-refractivity contribution in [1.29, 1.82) is 0 Å². The average molecular weight is 360 g/mol. The van der Waals surface area contributed by atoms with Crippen molar-refractivity contribution in [2.45, 2.75) is 6.92 Å². The van der Waals surface area contributed by atoms with Crippen molar-refractivity contribution in [1.82, 2.24) is 10.4 Å². The van der Waals surface area contributed by atoms with Crippen LogP contribution in [0.2, 0.25) is 15.2 Å². The number of pyridine rings is 2. The molecular formula is C13H11Cl3N5O+. The van der Waals surface area contributed by atoms with Crippen LogP contribution in [0.1, 0.15) is 23.1 Å². The molecule has 0 saturated heterocycles. The second-order valence-corrected chi connectivity index (χ2v) is 5.32. The molecule has 0 atom stereocenters. The molecule has 0 bridgehead atoms. The van der Waals surface area contributed by atoms with E-state index in [1.807, 2.05) is 18.2 Å². The highest BCUT2D eigenvalue weighted by molar-refractivity contribution is 6.46. The molecule has 0 fully saturated rings. The summed E-state index contributed by atoms with van der Waals surface area (Å²) in [7, 11) is 0. The summed E-state index contributed by atoms with van der Waals surface area (Å²) in [5.74, 6) is -0.648. The van der Waals surface area contributed by atoms with Crippen molar-refractivity contribution in [2.75, 3.05) is 5.73 Å². The van der Waals surface area contributed by atoms with Gasteiger partial charge in [-0.25, -0.2) is 15.4 Å². The fourth-order valence-electron chi connectivity index (χ4n) is 1.55. The summed E-state index contributed by atoms with van der Waals surface area (Å²) < 4.78 is 0. The Morgan fingerprint density at radius 2 is 2.05 bits per heavy atom. The second-order valence-electron chi connectivity index (χ2n) is 4.21. The van der Waals surface area contributed by atoms with E-state index in [9.17, 15) is 4.79 Å². The number of nitrogens with one attached hydrogen (secondary N) is 2. The van der Waals surface area contributed by atoms with Crippen LogP contribution in [0, 0.1) is 0 Å². The monoisotopic (exact) mass is 358 g/mol. The van der Waals surface area contributed by atoms with Gasteiger partial charge in [-0.2, -0.15) is 5.10 Å². The normalized spacial score (nSPS) is 11.4. The maximum absolute atomic E-state index is 12.1. The van der Waals surface area contributed by atoms with E-state index in [2.05, 4.69) is 20.5 Å². The number of nitrogens with zero attached hydrogens (tertiary/aromatic N) is 2. The fourth-order valence-corrected chi connectivity index (χ4v) is 2.14. The zero-order valence-electron chi connectivity index (χ0n) is 11.3. The van der Waals surface area contributed by atoms with Gasteiger partial charge in [-0.3, -0.25) is 4.79 Å². The zero-order chi connectivity index (χ0) is 16.3. The van der Waals surface area contributed by atoms with Gasteiger partial charge in [-0.1, -0.05) is 34.8 Å². The SMILES string of the molecule is C/C(=N\NC(=O)c1nc(Cl)c(Cl)c(N)c1Cl)c1cccc[nH+]1. The number of H-pyrrole nitrogens is 1. The molecule has 2 heterocycles. The molecule has 0 radical (unpaired) electrons. The lowest BCUT2D eigenvalue weighted by molar-refractivity contribution is -0.380. The Morgan fingerprint density at radius 1 is 1.32 bits per heavy atom. The van der Waals surface area contributed by atoms with Gasteiger partial charge in [0.25, 0.3) is 5.91 Å². The summed E-state index contributed by atoms with van der Waals surface area (Å²) in [5, 5.41) is 3.78. The van der Waals surface area contributed by atoms with Crippen LogP contribution >= 0.6 is 34.8 Å². The molecule has 6 nitrogen and oxygen atoms in total. The molecule has 22 heavy (non-hydrogen) atoms.